The molecule has 2 fully saturated rings. The minimum absolute atomic E-state index is 0.000255. The van der Waals surface area contributed by atoms with E-state index >= 15 is 0 Å². The molecule has 0 radical (unpaired) electrons. The molecule has 0 bridgehead atoms. The lowest BCUT2D eigenvalue weighted by Crippen LogP contribution is -2.37. The van der Waals surface area contributed by atoms with Gasteiger partial charge in [0.25, 0.3) is 0 Å². The van der Waals surface area contributed by atoms with Gasteiger partial charge < -0.3 is 4.74 Å². The topological polar surface area (TPSA) is 26.3 Å². The summed E-state index contributed by atoms with van der Waals surface area (Å²) in [5, 5.41) is 0. The quantitative estimate of drug-likeness (QED) is 0.700. The number of Topliss-reactive ketones (excluding diaryl/α,β-unsaturated/α-hetero) is 1. The fourth-order valence-electron chi connectivity index (χ4n) is 3.03. The third-order valence-corrected chi connectivity index (χ3v) is 4.14. The predicted molar refractivity (Wildman–Crippen MR) is 59.7 cm³/mol. The summed E-state index contributed by atoms with van der Waals surface area (Å²) in [4.78, 5) is 12.4. The zero-order valence-corrected chi connectivity index (χ0v) is 9.76. The van der Waals surface area contributed by atoms with Gasteiger partial charge in [0, 0.05) is 24.5 Å². The van der Waals surface area contributed by atoms with Crippen LogP contribution in [0.5, 0.6) is 0 Å². The van der Waals surface area contributed by atoms with E-state index in [4.69, 9.17) is 4.74 Å². The summed E-state index contributed by atoms with van der Waals surface area (Å²) in [7, 11) is 0. The van der Waals surface area contributed by atoms with Crippen LogP contribution in [-0.2, 0) is 9.53 Å². The van der Waals surface area contributed by atoms with Gasteiger partial charge in [0.2, 0.25) is 0 Å². The van der Waals surface area contributed by atoms with Gasteiger partial charge in [-0.2, -0.15) is 0 Å². The Labute approximate surface area is 92.4 Å². The van der Waals surface area contributed by atoms with Crippen LogP contribution in [0.25, 0.3) is 0 Å². The van der Waals surface area contributed by atoms with Crippen LogP contribution in [0.4, 0.5) is 0 Å². The molecule has 2 aliphatic rings. The maximum absolute atomic E-state index is 12.4. The van der Waals surface area contributed by atoms with Crippen LogP contribution in [0.3, 0.4) is 0 Å². The van der Waals surface area contributed by atoms with Crippen molar-refractivity contribution in [1.82, 2.24) is 0 Å². The smallest absolute Gasteiger partial charge is 0.141 e. The minimum atomic E-state index is 0.000255. The second kappa shape index (κ2) is 4.65. The van der Waals surface area contributed by atoms with Crippen molar-refractivity contribution in [2.24, 2.45) is 11.3 Å². The number of hydrogen-bond donors (Lipinski definition) is 0. The molecule has 0 spiro atoms. The summed E-state index contributed by atoms with van der Waals surface area (Å²) in [6.07, 6.45) is 7.93. The van der Waals surface area contributed by atoms with Gasteiger partial charge >= 0.3 is 0 Å². The summed E-state index contributed by atoms with van der Waals surface area (Å²) < 4.78 is 5.32. The molecule has 1 aliphatic carbocycles. The Balaban J connectivity index is 1.98. The van der Waals surface area contributed by atoms with E-state index in [9.17, 15) is 4.79 Å². The van der Waals surface area contributed by atoms with Gasteiger partial charge in [0.1, 0.15) is 5.78 Å². The Morgan fingerprint density at radius 2 is 1.73 bits per heavy atom. The average molecular weight is 210 g/mol. The number of hydrogen-bond acceptors (Lipinski definition) is 2. The van der Waals surface area contributed by atoms with Crippen LogP contribution in [0.2, 0.25) is 0 Å². The average Bonchev–Trinajstić information content (AvgIpc) is 2.30. The molecular weight excluding hydrogens is 188 g/mol. The van der Waals surface area contributed by atoms with Gasteiger partial charge in [-0.05, 0) is 25.7 Å². The molecule has 0 aromatic rings. The second-order valence-electron chi connectivity index (χ2n) is 5.37. The molecular formula is C13H22O2. The summed E-state index contributed by atoms with van der Waals surface area (Å²) in [6, 6.07) is 0. The first kappa shape index (κ1) is 11.1. The standard InChI is InChI=1S/C13H22O2/c1-13(7-3-2-4-8-13)12(14)11-5-9-15-10-6-11/h11H,2-10H2,1H3. The predicted octanol–water partition coefficient (Wildman–Crippen LogP) is 2.95. The van der Waals surface area contributed by atoms with Crippen LogP contribution in [0.1, 0.15) is 51.9 Å². The van der Waals surface area contributed by atoms with E-state index < -0.39 is 0 Å². The lowest BCUT2D eigenvalue weighted by atomic mass is 9.68. The number of ether oxygens (including phenoxy) is 1. The van der Waals surface area contributed by atoms with Crippen molar-refractivity contribution in [2.75, 3.05) is 13.2 Å². The molecule has 0 N–H and O–H groups in total. The lowest BCUT2D eigenvalue weighted by molar-refractivity contribution is -0.136. The molecule has 1 saturated heterocycles. The molecule has 0 amide bonds. The molecule has 2 heteroatoms. The van der Waals surface area contributed by atoms with Gasteiger partial charge in [0.15, 0.2) is 0 Å². The Morgan fingerprint density at radius 3 is 2.33 bits per heavy atom. The van der Waals surface area contributed by atoms with E-state index in [1.54, 1.807) is 0 Å². The molecule has 2 rings (SSSR count). The molecule has 15 heavy (non-hydrogen) atoms. The fraction of sp³-hybridized carbons (Fsp3) is 0.923. The van der Waals surface area contributed by atoms with Gasteiger partial charge in [-0.1, -0.05) is 26.2 Å². The first-order valence-corrected chi connectivity index (χ1v) is 6.34. The van der Waals surface area contributed by atoms with E-state index in [0.29, 0.717) is 11.7 Å². The highest BCUT2D eigenvalue weighted by Gasteiger charge is 2.38. The highest BCUT2D eigenvalue weighted by atomic mass is 16.5. The van der Waals surface area contributed by atoms with Crippen LogP contribution in [0, 0.1) is 11.3 Å². The first-order chi connectivity index (χ1) is 7.22. The van der Waals surface area contributed by atoms with Gasteiger partial charge in [0.05, 0.1) is 0 Å². The molecule has 0 unspecified atom stereocenters. The maximum Gasteiger partial charge on any atom is 0.141 e. The van der Waals surface area contributed by atoms with E-state index in [1.165, 1.54) is 19.3 Å². The van der Waals surface area contributed by atoms with Crippen LogP contribution < -0.4 is 0 Å². The summed E-state index contributed by atoms with van der Waals surface area (Å²) in [6.45, 7) is 3.75. The molecule has 2 nitrogen and oxygen atoms in total. The zero-order chi connectivity index (χ0) is 10.7. The third kappa shape index (κ3) is 2.41. The number of ketones is 1. The SMILES string of the molecule is CC1(C(=O)C2CCOCC2)CCCCC1. The molecule has 0 atom stereocenters. The minimum Gasteiger partial charge on any atom is -0.381 e. The van der Waals surface area contributed by atoms with E-state index in [2.05, 4.69) is 6.92 Å². The van der Waals surface area contributed by atoms with Gasteiger partial charge in [-0.15, -0.1) is 0 Å². The van der Waals surface area contributed by atoms with Crippen LogP contribution >= 0.6 is 0 Å². The first-order valence-electron chi connectivity index (χ1n) is 6.34. The van der Waals surface area contributed by atoms with Crippen molar-refractivity contribution < 1.29 is 9.53 Å². The van der Waals surface area contributed by atoms with Crippen LogP contribution in [-0.4, -0.2) is 19.0 Å². The monoisotopic (exact) mass is 210 g/mol. The van der Waals surface area contributed by atoms with Crippen molar-refractivity contribution in [1.29, 1.82) is 0 Å². The molecule has 1 heterocycles. The van der Waals surface area contributed by atoms with Crippen LogP contribution in [0.15, 0.2) is 0 Å². The van der Waals surface area contributed by atoms with E-state index in [-0.39, 0.29) is 5.41 Å². The lowest BCUT2D eigenvalue weighted by Gasteiger charge is -2.36. The Hall–Kier alpha value is -0.370. The van der Waals surface area contributed by atoms with E-state index in [0.717, 1.165) is 38.9 Å². The number of carbonyl (C=O) groups excluding carboxylic acids is 1. The maximum atomic E-state index is 12.4. The van der Waals surface area contributed by atoms with Crippen molar-refractivity contribution in [3.8, 4) is 0 Å². The summed E-state index contributed by atoms with van der Waals surface area (Å²) >= 11 is 0. The Bertz CT molecular complexity index is 223. The van der Waals surface area contributed by atoms with Gasteiger partial charge in [-0.25, -0.2) is 0 Å². The van der Waals surface area contributed by atoms with Crippen molar-refractivity contribution in [3.63, 3.8) is 0 Å². The van der Waals surface area contributed by atoms with Crippen molar-refractivity contribution in [2.45, 2.75) is 51.9 Å². The van der Waals surface area contributed by atoms with Crippen molar-refractivity contribution in [3.05, 3.63) is 0 Å². The molecule has 86 valence electrons. The number of rotatable bonds is 2. The highest BCUT2D eigenvalue weighted by Crippen LogP contribution is 2.40. The van der Waals surface area contributed by atoms with Gasteiger partial charge in [-0.3, -0.25) is 4.79 Å². The second-order valence-corrected chi connectivity index (χ2v) is 5.37. The van der Waals surface area contributed by atoms with Crippen molar-refractivity contribution >= 4 is 5.78 Å². The highest BCUT2D eigenvalue weighted by molar-refractivity contribution is 5.86. The number of carbonyl (C=O) groups is 1. The Morgan fingerprint density at radius 1 is 1.13 bits per heavy atom. The Kier molecular flexibility index (Phi) is 3.45. The largest absolute Gasteiger partial charge is 0.381 e. The summed E-state index contributed by atoms with van der Waals surface area (Å²) in [5.74, 6) is 0.826. The normalized spacial score (nSPS) is 27.5. The zero-order valence-electron chi connectivity index (χ0n) is 9.76. The molecule has 1 saturated carbocycles. The molecule has 1 aliphatic heterocycles. The third-order valence-electron chi connectivity index (χ3n) is 4.14. The fourth-order valence-corrected chi connectivity index (χ4v) is 3.03. The molecule has 0 aromatic carbocycles. The van der Waals surface area contributed by atoms with E-state index in [1.807, 2.05) is 0 Å². The molecule has 0 aromatic heterocycles. The summed E-state index contributed by atoms with van der Waals surface area (Å²) in [5.41, 5.74) is 0.000255.